The summed E-state index contributed by atoms with van der Waals surface area (Å²) in [6, 6.07) is 5.17. The molecule has 7 nitrogen and oxygen atoms in total. The van der Waals surface area contributed by atoms with Gasteiger partial charge in [0, 0.05) is 19.8 Å². The molecule has 0 aliphatic heterocycles. The van der Waals surface area contributed by atoms with E-state index in [1.807, 2.05) is 26.8 Å². The lowest BCUT2D eigenvalue weighted by Gasteiger charge is -2.14. The van der Waals surface area contributed by atoms with Crippen LogP contribution in [0.25, 0.3) is 0 Å². The van der Waals surface area contributed by atoms with Gasteiger partial charge in [0.15, 0.2) is 4.90 Å². The molecule has 2 aromatic rings. The molecule has 25 heavy (non-hydrogen) atoms. The molecule has 0 bridgehead atoms. The predicted octanol–water partition coefficient (Wildman–Crippen LogP) is 1.59. The molecule has 0 aliphatic rings. The second-order valence-electron chi connectivity index (χ2n) is 6.39. The van der Waals surface area contributed by atoms with Crippen LogP contribution in [0, 0.1) is 13.8 Å². The van der Waals surface area contributed by atoms with E-state index in [0.717, 1.165) is 20.3 Å². The second kappa shape index (κ2) is 6.51. The minimum Gasteiger partial charge on any atom is -0.379 e. The van der Waals surface area contributed by atoms with E-state index in [9.17, 15) is 18.0 Å². The van der Waals surface area contributed by atoms with Crippen LogP contribution in [-0.2, 0) is 24.2 Å². The zero-order valence-corrected chi connectivity index (χ0v) is 16.0. The molecule has 0 amide bonds. The molecule has 1 heterocycles. The molecule has 0 spiro atoms. The van der Waals surface area contributed by atoms with Crippen molar-refractivity contribution in [2.75, 3.05) is 0 Å². The molecule has 1 aromatic carbocycles. The fourth-order valence-electron chi connectivity index (χ4n) is 2.53. The Morgan fingerprint density at radius 3 is 2.16 bits per heavy atom. The molecular weight excluding hydrogens is 344 g/mol. The molecule has 136 valence electrons. The molecule has 0 atom stereocenters. The van der Waals surface area contributed by atoms with E-state index < -0.39 is 26.3 Å². The fourth-order valence-corrected chi connectivity index (χ4v) is 3.81. The summed E-state index contributed by atoms with van der Waals surface area (Å²) in [5.41, 5.74) is 0.304. The van der Waals surface area contributed by atoms with E-state index >= 15 is 0 Å². The topological polar surface area (TPSA) is 87.4 Å². The number of hydrogen-bond acceptors (Lipinski definition) is 5. The lowest BCUT2D eigenvalue weighted by atomic mass is 10.0. The third kappa shape index (κ3) is 3.53. The first-order valence-electron chi connectivity index (χ1n) is 7.78. The Morgan fingerprint density at radius 1 is 1.00 bits per heavy atom. The van der Waals surface area contributed by atoms with Crippen LogP contribution in [0.4, 0.5) is 0 Å². The van der Waals surface area contributed by atoms with Crippen molar-refractivity contribution in [2.45, 2.75) is 38.5 Å². The van der Waals surface area contributed by atoms with Gasteiger partial charge in [-0.05, 0) is 43.0 Å². The summed E-state index contributed by atoms with van der Waals surface area (Å²) in [5, 5.41) is 0. The third-order valence-corrected chi connectivity index (χ3v) is 5.48. The zero-order chi connectivity index (χ0) is 19.1. The maximum atomic E-state index is 12.7. The molecule has 0 N–H and O–H groups in total. The van der Waals surface area contributed by atoms with Gasteiger partial charge in [0.05, 0.1) is 0 Å². The van der Waals surface area contributed by atoms with Crippen molar-refractivity contribution in [1.82, 2.24) is 9.13 Å². The van der Waals surface area contributed by atoms with E-state index in [1.165, 1.54) is 21.0 Å². The van der Waals surface area contributed by atoms with Crippen LogP contribution in [0.5, 0.6) is 5.75 Å². The average molecular weight is 366 g/mol. The number of rotatable bonds is 4. The monoisotopic (exact) mass is 366 g/mol. The molecule has 0 radical (unpaired) electrons. The van der Waals surface area contributed by atoms with Gasteiger partial charge in [-0.1, -0.05) is 19.9 Å². The van der Waals surface area contributed by atoms with Crippen LogP contribution >= 0.6 is 0 Å². The summed E-state index contributed by atoms with van der Waals surface area (Å²) in [7, 11) is -1.76. The maximum absolute atomic E-state index is 12.7. The fraction of sp³-hybridized carbons (Fsp3) is 0.412. The van der Waals surface area contributed by atoms with Gasteiger partial charge >= 0.3 is 15.8 Å². The highest BCUT2D eigenvalue weighted by molar-refractivity contribution is 7.87. The lowest BCUT2D eigenvalue weighted by Crippen LogP contribution is -2.41. The normalized spacial score (nSPS) is 11.8. The van der Waals surface area contributed by atoms with Crippen molar-refractivity contribution >= 4 is 10.1 Å². The highest BCUT2D eigenvalue weighted by Gasteiger charge is 2.27. The van der Waals surface area contributed by atoms with Crippen molar-refractivity contribution in [2.24, 2.45) is 14.1 Å². The highest BCUT2D eigenvalue weighted by Crippen LogP contribution is 2.25. The molecule has 0 saturated carbocycles. The van der Waals surface area contributed by atoms with Crippen LogP contribution in [0.2, 0.25) is 0 Å². The van der Waals surface area contributed by atoms with E-state index in [2.05, 4.69) is 0 Å². The molecule has 8 heteroatoms. The molecule has 1 aromatic heterocycles. The smallest absolute Gasteiger partial charge is 0.346 e. The van der Waals surface area contributed by atoms with Gasteiger partial charge in [-0.15, -0.1) is 0 Å². The van der Waals surface area contributed by atoms with Crippen LogP contribution in [0.15, 0.2) is 32.7 Å². The zero-order valence-electron chi connectivity index (χ0n) is 15.2. The minimum absolute atomic E-state index is 0.0323. The first-order chi connectivity index (χ1) is 11.5. The van der Waals surface area contributed by atoms with Crippen molar-refractivity contribution in [1.29, 1.82) is 0 Å². The first kappa shape index (κ1) is 19.0. The standard InChI is InChI=1S/C17H22N2O5S/c1-10(2)13-7-11(3)8-14(9-13)24-25(22,23)15-12(4)18(5)17(21)19(6)16(15)20/h7-10H,1-6H3. The predicted molar refractivity (Wildman–Crippen MR) is 94.7 cm³/mol. The van der Waals surface area contributed by atoms with Crippen molar-refractivity contribution in [3.05, 3.63) is 55.9 Å². The summed E-state index contributed by atoms with van der Waals surface area (Å²) in [5.74, 6) is 0.330. The van der Waals surface area contributed by atoms with Crippen LogP contribution in [0.3, 0.4) is 0 Å². The van der Waals surface area contributed by atoms with Gasteiger partial charge in [-0.2, -0.15) is 8.42 Å². The van der Waals surface area contributed by atoms with Gasteiger partial charge in [0.25, 0.3) is 5.56 Å². The summed E-state index contributed by atoms with van der Waals surface area (Å²) in [6.07, 6.45) is 0. The van der Waals surface area contributed by atoms with Gasteiger partial charge in [0.2, 0.25) is 0 Å². The van der Waals surface area contributed by atoms with Crippen molar-refractivity contribution in [3.63, 3.8) is 0 Å². The molecule has 0 saturated heterocycles. The number of nitrogens with zero attached hydrogens (tertiary/aromatic N) is 2. The van der Waals surface area contributed by atoms with Gasteiger partial charge < -0.3 is 4.18 Å². The minimum atomic E-state index is -4.39. The van der Waals surface area contributed by atoms with E-state index in [-0.39, 0.29) is 17.4 Å². The first-order valence-corrected chi connectivity index (χ1v) is 9.19. The second-order valence-corrected chi connectivity index (χ2v) is 7.88. The summed E-state index contributed by atoms with van der Waals surface area (Å²) >= 11 is 0. The van der Waals surface area contributed by atoms with Gasteiger partial charge in [0.1, 0.15) is 5.75 Å². The number of aromatic nitrogens is 2. The molecule has 0 unspecified atom stereocenters. The van der Waals surface area contributed by atoms with Gasteiger partial charge in [-0.25, -0.2) is 4.79 Å². The van der Waals surface area contributed by atoms with E-state index in [1.54, 1.807) is 12.1 Å². The number of aryl methyl sites for hydroxylation is 1. The van der Waals surface area contributed by atoms with Crippen LogP contribution < -0.4 is 15.4 Å². The Bertz CT molecular complexity index is 1050. The Morgan fingerprint density at radius 2 is 1.60 bits per heavy atom. The molecular formula is C17H22N2O5S. The Kier molecular flexibility index (Phi) is 4.94. The van der Waals surface area contributed by atoms with Crippen molar-refractivity contribution in [3.8, 4) is 5.75 Å². The molecule has 2 rings (SSSR count). The van der Waals surface area contributed by atoms with Gasteiger partial charge in [-0.3, -0.25) is 13.9 Å². The quantitative estimate of drug-likeness (QED) is 0.767. The maximum Gasteiger partial charge on any atom is 0.346 e. The highest BCUT2D eigenvalue weighted by atomic mass is 32.2. The van der Waals surface area contributed by atoms with E-state index in [0.29, 0.717) is 0 Å². The van der Waals surface area contributed by atoms with E-state index in [4.69, 9.17) is 4.18 Å². The molecule has 0 fully saturated rings. The van der Waals surface area contributed by atoms with Crippen LogP contribution in [0.1, 0.15) is 36.6 Å². The summed E-state index contributed by atoms with van der Waals surface area (Å²) < 4.78 is 32.5. The Balaban J connectivity index is 2.63. The summed E-state index contributed by atoms with van der Waals surface area (Å²) in [6.45, 7) is 7.20. The SMILES string of the molecule is Cc1cc(OS(=O)(=O)c2c(C)n(C)c(=O)n(C)c2=O)cc(C(C)C)c1. The van der Waals surface area contributed by atoms with Crippen molar-refractivity contribution < 1.29 is 12.6 Å². The molecule has 0 aliphatic carbocycles. The van der Waals surface area contributed by atoms with Crippen LogP contribution in [-0.4, -0.2) is 17.6 Å². The number of benzene rings is 1. The summed E-state index contributed by atoms with van der Waals surface area (Å²) in [4.78, 5) is 23.7. The number of hydrogen-bond donors (Lipinski definition) is 0. The largest absolute Gasteiger partial charge is 0.379 e. The lowest BCUT2D eigenvalue weighted by molar-refractivity contribution is 0.478. The average Bonchev–Trinajstić information content (AvgIpc) is 2.49. The Hall–Kier alpha value is -2.35. The Labute approximate surface area is 146 Å². The third-order valence-electron chi connectivity index (χ3n) is 4.10.